The molecule has 0 aliphatic rings. The Morgan fingerprint density at radius 2 is 1.90 bits per heavy atom. The highest BCUT2D eigenvalue weighted by Gasteiger charge is 2.16. The molecular weight excluding hydrogens is 283 g/mol. The number of alkyl halides is 2. The van der Waals surface area contributed by atoms with E-state index in [4.69, 9.17) is 0 Å². The lowest BCUT2D eigenvalue weighted by atomic mass is 10.1. The van der Waals surface area contributed by atoms with Gasteiger partial charge in [-0.05, 0) is 42.8 Å². The first-order valence-corrected chi connectivity index (χ1v) is 6.08. The number of carbonyl (C=O) groups excluding carboxylic acids is 1. The zero-order valence-corrected chi connectivity index (χ0v) is 11.1. The number of carbonyl (C=O) groups is 1. The molecule has 21 heavy (non-hydrogen) atoms. The fourth-order valence-corrected chi connectivity index (χ4v) is 1.81. The molecule has 0 saturated heterocycles. The van der Waals surface area contributed by atoms with Crippen LogP contribution >= 0.6 is 0 Å². The van der Waals surface area contributed by atoms with Crippen molar-refractivity contribution in [2.45, 2.75) is 13.5 Å². The Bertz CT molecular complexity index is 659. The Labute approximate surface area is 119 Å². The number of ether oxygens (including phenoxy) is 1. The minimum absolute atomic E-state index is 0.0264. The number of nitrogens with one attached hydrogen (secondary N) is 1. The first kappa shape index (κ1) is 14.9. The monoisotopic (exact) mass is 295 g/mol. The van der Waals surface area contributed by atoms with Gasteiger partial charge in [0.05, 0.1) is 5.56 Å². The van der Waals surface area contributed by atoms with Crippen molar-refractivity contribution in [2.24, 2.45) is 0 Å². The largest absolute Gasteiger partial charge is 0.434 e. The quantitative estimate of drug-likeness (QED) is 0.926. The van der Waals surface area contributed by atoms with Crippen LogP contribution in [0.3, 0.4) is 0 Å². The third kappa shape index (κ3) is 3.75. The molecule has 0 unspecified atom stereocenters. The van der Waals surface area contributed by atoms with Crippen molar-refractivity contribution in [2.75, 3.05) is 5.32 Å². The highest BCUT2D eigenvalue weighted by atomic mass is 19.3. The number of aryl methyl sites for hydroxylation is 1. The molecule has 0 aliphatic carbocycles. The number of rotatable bonds is 4. The van der Waals surface area contributed by atoms with E-state index >= 15 is 0 Å². The zero-order valence-electron chi connectivity index (χ0n) is 11.1. The standard InChI is InChI=1S/C15H12F3NO2/c1-9-8-10(16)6-7-12(9)19-14(20)11-4-2-3-5-13(11)21-15(17)18/h2-8,15H,1H3,(H,19,20). The zero-order chi connectivity index (χ0) is 15.4. The van der Waals surface area contributed by atoms with Crippen molar-refractivity contribution < 1.29 is 22.7 Å². The fraction of sp³-hybridized carbons (Fsp3) is 0.133. The lowest BCUT2D eigenvalue weighted by Gasteiger charge is -2.12. The summed E-state index contributed by atoms with van der Waals surface area (Å²) in [6.45, 7) is -1.40. The van der Waals surface area contributed by atoms with E-state index in [2.05, 4.69) is 10.1 Å². The molecule has 0 radical (unpaired) electrons. The lowest BCUT2D eigenvalue weighted by molar-refractivity contribution is -0.0501. The van der Waals surface area contributed by atoms with Gasteiger partial charge in [0.1, 0.15) is 11.6 Å². The molecule has 2 aromatic rings. The summed E-state index contributed by atoms with van der Waals surface area (Å²) in [6, 6.07) is 9.52. The second kappa shape index (κ2) is 6.30. The van der Waals surface area contributed by atoms with Gasteiger partial charge in [0.25, 0.3) is 5.91 Å². The first-order chi connectivity index (χ1) is 9.97. The van der Waals surface area contributed by atoms with Gasteiger partial charge in [-0.25, -0.2) is 4.39 Å². The van der Waals surface area contributed by atoms with Gasteiger partial charge in [-0.3, -0.25) is 4.79 Å². The highest BCUT2D eigenvalue weighted by Crippen LogP contribution is 2.23. The van der Waals surface area contributed by atoms with E-state index in [1.165, 1.54) is 42.5 Å². The van der Waals surface area contributed by atoms with Gasteiger partial charge in [0, 0.05) is 5.69 Å². The van der Waals surface area contributed by atoms with Gasteiger partial charge in [0.15, 0.2) is 0 Å². The minimum atomic E-state index is -3.02. The van der Waals surface area contributed by atoms with Crippen LogP contribution in [0.4, 0.5) is 18.9 Å². The van der Waals surface area contributed by atoms with E-state index in [0.29, 0.717) is 11.3 Å². The summed E-state index contributed by atoms with van der Waals surface area (Å²) >= 11 is 0. The average molecular weight is 295 g/mol. The maximum absolute atomic E-state index is 13.0. The second-order valence-electron chi connectivity index (χ2n) is 4.29. The number of benzene rings is 2. The van der Waals surface area contributed by atoms with Crippen molar-refractivity contribution >= 4 is 11.6 Å². The normalized spacial score (nSPS) is 10.5. The van der Waals surface area contributed by atoms with Crippen LogP contribution in [0.25, 0.3) is 0 Å². The Morgan fingerprint density at radius 3 is 2.57 bits per heavy atom. The van der Waals surface area contributed by atoms with Crippen LogP contribution in [0, 0.1) is 12.7 Å². The van der Waals surface area contributed by atoms with E-state index in [-0.39, 0.29) is 11.3 Å². The number of para-hydroxylation sites is 1. The number of hydrogen-bond acceptors (Lipinski definition) is 2. The van der Waals surface area contributed by atoms with Gasteiger partial charge < -0.3 is 10.1 Å². The molecule has 1 N–H and O–H groups in total. The number of halogens is 3. The average Bonchev–Trinajstić information content (AvgIpc) is 2.42. The molecular formula is C15H12F3NO2. The van der Waals surface area contributed by atoms with Crippen molar-refractivity contribution in [1.29, 1.82) is 0 Å². The van der Waals surface area contributed by atoms with Crippen LogP contribution < -0.4 is 10.1 Å². The molecule has 110 valence electrons. The fourth-order valence-electron chi connectivity index (χ4n) is 1.81. The third-order valence-electron chi connectivity index (χ3n) is 2.78. The van der Waals surface area contributed by atoms with Crippen LogP contribution in [0.1, 0.15) is 15.9 Å². The van der Waals surface area contributed by atoms with E-state index in [9.17, 15) is 18.0 Å². The minimum Gasteiger partial charge on any atom is -0.434 e. The number of amides is 1. The summed E-state index contributed by atoms with van der Waals surface area (Å²) < 4.78 is 41.9. The summed E-state index contributed by atoms with van der Waals surface area (Å²) in [5.41, 5.74) is 0.894. The topological polar surface area (TPSA) is 38.3 Å². The van der Waals surface area contributed by atoms with Crippen LogP contribution in [0.15, 0.2) is 42.5 Å². The summed E-state index contributed by atoms with van der Waals surface area (Å²) in [5, 5.41) is 2.54. The predicted molar refractivity (Wildman–Crippen MR) is 72.2 cm³/mol. The van der Waals surface area contributed by atoms with Crippen LogP contribution in [0.2, 0.25) is 0 Å². The molecule has 0 heterocycles. The van der Waals surface area contributed by atoms with Gasteiger partial charge in [-0.15, -0.1) is 0 Å². The Morgan fingerprint density at radius 1 is 1.19 bits per heavy atom. The highest BCUT2D eigenvalue weighted by molar-refractivity contribution is 6.06. The van der Waals surface area contributed by atoms with Crippen molar-refractivity contribution in [3.63, 3.8) is 0 Å². The molecule has 2 rings (SSSR count). The van der Waals surface area contributed by atoms with E-state index in [0.717, 1.165) is 0 Å². The molecule has 0 fully saturated rings. The SMILES string of the molecule is Cc1cc(F)ccc1NC(=O)c1ccccc1OC(F)F. The molecule has 6 heteroatoms. The van der Waals surface area contributed by atoms with Crippen molar-refractivity contribution in [1.82, 2.24) is 0 Å². The number of hydrogen-bond donors (Lipinski definition) is 1. The first-order valence-electron chi connectivity index (χ1n) is 6.08. The molecule has 0 aliphatic heterocycles. The Hall–Kier alpha value is -2.50. The predicted octanol–water partition coefficient (Wildman–Crippen LogP) is 3.99. The molecule has 0 saturated carbocycles. The smallest absolute Gasteiger partial charge is 0.387 e. The van der Waals surface area contributed by atoms with E-state index in [1.54, 1.807) is 6.92 Å². The molecule has 2 aromatic carbocycles. The summed E-state index contributed by atoms with van der Waals surface area (Å²) in [6.07, 6.45) is 0. The van der Waals surface area contributed by atoms with Crippen LogP contribution in [-0.4, -0.2) is 12.5 Å². The summed E-state index contributed by atoms with van der Waals surface area (Å²) in [4.78, 5) is 12.1. The Kier molecular flexibility index (Phi) is 4.47. The van der Waals surface area contributed by atoms with Crippen LogP contribution in [-0.2, 0) is 0 Å². The molecule has 0 spiro atoms. The molecule has 1 amide bonds. The molecule has 0 aromatic heterocycles. The molecule has 3 nitrogen and oxygen atoms in total. The van der Waals surface area contributed by atoms with Crippen LogP contribution in [0.5, 0.6) is 5.75 Å². The van der Waals surface area contributed by atoms with E-state index < -0.39 is 18.3 Å². The van der Waals surface area contributed by atoms with Crippen molar-refractivity contribution in [3.05, 3.63) is 59.4 Å². The Balaban J connectivity index is 2.24. The second-order valence-corrected chi connectivity index (χ2v) is 4.29. The maximum Gasteiger partial charge on any atom is 0.387 e. The number of anilines is 1. The van der Waals surface area contributed by atoms with Gasteiger partial charge in [0.2, 0.25) is 0 Å². The van der Waals surface area contributed by atoms with Gasteiger partial charge in [-0.1, -0.05) is 12.1 Å². The summed E-state index contributed by atoms with van der Waals surface area (Å²) in [5.74, 6) is -1.25. The van der Waals surface area contributed by atoms with Gasteiger partial charge >= 0.3 is 6.61 Å². The maximum atomic E-state index is 13.0. The summed E-state index contributed by atoms with van der Waals surface area (Å²) in [7, 11) is 0. The van der Waals surface area contributed by atoms with Gasteiger partial charge in [-0.2, -0.15) is 8.78 Å². The third-order valence-corrected chi connectivity index (χ3v) is 2.78. The molecule has 0 bridgehead atoms. The van der Waals surface area contributed by atoms with E-state index in [1.807, 2.05) is 0 Å². The molecule has 0 atom stereocenters. The van der Waals surface area contributed by atoms with Crippen molar-refractivity contribution in [3.8, 4) is 5.75 Å². The lowest BCUT2D eigenvalue weighted by Crippen LogP contribution is -2.15.